The van der Waals surface area contributed by atoms with Gasteiger partial charge in [-0.2, -0.15) is 0 Å². The zero-order valence-electron chi connectivity index (χ0n) is 6.78. The van der Waals surface area contributed by atoms with E-state index in [4.69, 9.17) is 11.6 Å². The number of halogens is 2. The number of alkyl halides is 1. The van der Waals surface area contributed by atoms with E-state index in [0.717, 1.165) is 12.8 Å². The molecule has 1 atom stereocenters. The fraction of sp³-hybridized carbons (Fsp3) is 0.875. The molecule has 0 rings (SSSR count). The van der Waals surface area contributed by atoms with Gasteiger partial charge in [0.05, 0.1) is 3.92 Å². The first kappa shape index (κ1) is 11.7. The highest BCUT2D eigenvalue weighted by atomic mass is 127. The number of hydrogen-bond acceptors (Lipinski definition) is 1. The molecule has 0 bridgehead atoms. The maximum Gasteiger partial charge on any atom is 0.234 e. The van der Waals surface area contributed by atoms with Crippen molar-refractivity contribution in [1.29, 1.82) is 0 Å². The summed E-state index contributed by atoms with van der Waals surface area (Å²) in [6.45, 7) is 2.17. The summed E-state index contributed by atoms with van der Waals surface area (Å²) in [7, 11) is 0. The fourth-order valence-corrected chi connectivity index (χ4v) is 1.41. The van der Waals surface area contributed by atoms with Crippen LogP contribution in [0.1, 0.15) is 39.0 Å². The monoisotopic (exact) mass is 288 g/mol. The van der Waals surface area contributed by atoms with Crippen LogP contribution in [0, 0.1) is 0 Å². The van der Waals surface area contributed by atoms with E-state index in [1.54, 1.807) is 0 Å². The van der Waals surface area contributed by atoms with Gasteiger partial charge >= 0.3 is 0 Å². The van der Waals surface area contributed by atoms with Crippen molar-refractivity contribution in [1.82, 2.24) is 0 Å². The summed E-state index contributed by atoms with van der Waals surface area (Å²) in [5.41, 5.74) is 0. The summed E-state index contributed by atoms with van der Waals surface area (Å²) in [5.74, 6) is 0. The predicted octanol–water partition coefficient (Wildman–Crippen LogP) is 3.53. The maximum atomic E-state index is 10.6. The number of carbonyl (C=O) groups excluding carboxylic acids is 1. The molecule has 0 radical (unpaired) electrons. The molecule has 0 aromatic heterocycles. The second-order valence-corrected chi connectivity index (χ2v) is 4.50. The zero-order valence-corrected chi connectivity index (χ0v) is 9.69. The van der Waals surface area contributed by atoms with Crippen LogP contribution in [0.2, 0.25) is 0 Å². The molecule has 0 aliphatic heterocycles. The number of hydrogen-bond donors (Lipinski definition) is 0. The molecule has 66 valence electrons. The number of unbranched alkanes of at least 4 members (excludes halogenated alkanes) is 3. The van der Waals surface area contributed by atoms with Gasteiger partial charge in [0, 0.05) is 0 Å². The van der Waals surface area contributed by atoms with Gasteiger partial charge in [-0.05, 0) is 18.0 Å². The quantitative estimate of drug-likeness (QED) is 0.316. The van der Waals surface area contributed by atoms with Crippen LogP contribution in [-0.4, -0.2) is 9.17 Å². The minimum atomic E-state index is -0.206. The van der Waals surface area contributed by atoms with E-state index < -0.39 is 0 Å². The lowest BCUT2D eigenvalue weighted by atomic mass is 10.1. The first-order valence-electron chi connectivity index (χ1n) is 4.02. The van der Waals surface area contributed by atoms with E-state index in [0.29, 0.717) is 0 Å². The molecule has 0 heterocycles. The van der Waals surface area contributed by atoms with Crippen molar-refractivity contribution in [2.75, 3.05) is 0 Å². The molecule has 0 aromatic rings. The van der Waals surface area contributed by atoms with Gasteiger partial charge in [0.25, 0.3) is 0 Å². The largest absolute Gasteiger partial charge is 0.280 e. The number of rotatable bonds is 6. The standard InChI is InChI=1S/C8H14ClIO/c1-2-3-4-5-6-7(10)8(9)11/h7H,2-6H2,1H3. The van der Waals surface area contributed by atoms with E-state index in [2.05, 4.69) is 29.5 Å². The fourth-order valence-electron chi connectivity index (χ4n) is 0.864. The van der Waals surface area contributed by atoms with Gasteiger partial charge in [0.1, 0.15) is 0 Å². The van der Waals surface area contributed by atoms with Gasteiger partial charge in [-0.25, -0.2) is 0 Å². The van der Waals surface area contributed by atoms with Crippen molar-refractivity contribution in [3.8, 4) is 0 Å². The Morgan fingerprint density at radius 3 is 2.55 bits per heavy atom. The van der Waals surface area contributed by atoms with Crippen LogP contribution >= 0.6 is 34.2 Å². The summed E-state index contributed by atoms with van der Waals surface area (Å²) in [5, 5.41) is -0.206. The van der Waals surface area contributed by atoms with Crippen LogP contribution in [0.3, 0.4) is 0 Å². The molecule has 0 aliphatic rings. The summed E-state index contributed by atoms with van der Waals surface area (Å²) in [4.78, 5) is 10.6. The van der Waals surface area contributed by atoms with E-state index in [1.165, 1.54) is 19.3 Å². The van der Waals surface area contributed by atoms with Crippen molar-refractivity contribution in [3.05, 3.63) is 0 Å². The summed E-state index contributed by atoms with van der Waals surface area (Å²) in [6.07, 6.45) is 5.78. The molecule has 1 nitrogen and oxygen atoms in total. The van der Waals surface area contributed by atoms with Crippen molar-refractivity contribution < 1.29 is 4.79 Å². The smallest absolute Gasteiger partial charge is 0.234 e. The van der Waals surface area contributed by atoms with Crippen LogP contribution in [-0.2, 0) is 4.79 Å². The van der Waals surface area contributed by atoms with E-state index in [9.17, 15) is 4.79 Å². The van der Waals surface area contributed by atoms with Gasteiger partial charge in [-0.1, -0.05) is 55.2 Å². The average molecular weight is 289 g/mol. The van der Waals surface area contributed by atoms with Crippen LogP contribution in [0.15, 0.2) is 0 Å². The van der Waals surface area contributed by atoms with Crippen molar-refractivity contribution >= 4 is 39.4 Å². The third-order valence-corrected chi connectivity index (χ3v) is 3.38. The highest BCUT2D eigenvalue weighted by Crippen LogP contribution is 2.14. The van der Waals surface area contributed by atoms with E-state index in [-0.39, 0.29) is 9.17 Å². The molecule has 0 saturated heterocycles. The predicted molar refractivity (Wildman–Crippen MR) is 57.4 cm³/mol. The van der Waals surface area contributed by atoms with Gasteiger partial charge in [0.2, 0.25) is 5.24 Å². The Balaban J connectivity index is 3.17. The zero-order chi connectivity index (χ0) is 8.69. The van der Waals surface area contributed by atoms with Gasteiger partial charge < -0.3 is 0 Å². The third kappa shape index (κ3) is 7.06. The Kier molecular flexibility index (Phi) is 7.81. The van der Waals surface area contributed by atoms with Crippen LogP contribution in [0.5, 0.6) is 0 Å². The lowest BCUT2D eigenvalue weighted by molar-refractivity contribution is -0.111. The van der Waals surface area contributed by atoms with Crippen LogP contribution in [0.4, 0.5) is 0 Å². The summed E-state index contributed by atoms with van der Waals surface area (Å²) < 4.78 is 0.0196. The Labute approximate surface area is 87.0 Å². The Morgan fingerprint density at radius 1 is 1.45 bits per heavy atom. The second-order valence-electron chi connectivity index (χ2n) is 2.62. The molecule has 0 fully saturated rings. The van der Waals surface area contributed by atoms with Crippen molar-refractivity contribution in [2.45, 2.75) is 43.0 Å². The third-order valence-electron chi connectivity index (χ3n) is 1.56. The normalized spacial score (nSPS) is 13.0. The molecule has 3 heteroatoms. The molecule has 1 unspecified atom stereocenters. The SMILES string of the molecule is CCCCCCC(I)C(=O)Cl. The van der Waals surface area contributed by atoms with Gasteiger partial charge in [-0.3, -0.25) is 4.79 Å². The molecular formula is C8H14ClIO. The molecule has 0 aromatic carbocycles. The topological polar surface area (TPSA) is 17.1 Å². The van der Waals surface area contributed by atoms with Gasteiger partial charge in [-0.15, -0.1) is 0 Å². The molecule has 0 saturated carbocycles. The average Bonchev–Trinajstić information content (AvgIpc) is 1.97. The molecule has 0 aliphatic carbocycles. The minimum absolute atomic E-state index is 0.0196. The second kappa shape index (κ2) is 7.35. The summed E-state index contributed by atoms with van der Waals surface area (Å²) in [6, 6.07) is 0. The molecular weight excluding hydrogens is 274 g/mol. The molecule has 0 spiro atoms. The Hall–Kier alpha value is 0.690. The van der Waals surface area contributed by atoms with Crippen molar-refractivity contribution in [2.24, 2.45) is 0 Å². The highest BCUT2D eigenvalue weighted by Gasteiger charge is 2.09. The minimum Gasteiger partial charge on any atom is -0.280 e. The molecule has 11 heavy (non-hydrogen) atoms. The van der Waals surface area contributed by atoms with Crippen molar-refractivity contribution in [3.63, 3.8) is 0 Å². The number of carbonyl (C=O) groups is 1. The lowest BCUT2D eigenvalue weighted by Crippen LogP contribution is -2.05. The summed E-state index contributed by atoms with van der Waals surface area (Å²) >= 11 is 7.40. The van der Waals surface area contributed by atoms with E-state index >= 15 is 0 Å². The van der Waals surface area contributed by atoms with Gasteiger partial charge in [0.15, 0.2) is 0 Å². The Morgan fingerprint density at radius 2 is 2.09 bits per heavy atom. The molecule has 0 N–H and O–H groups in total. The van der Waals surface area contributed by atoms with E-state index in [1.807, 2.05) is 0 Å². The van der Waals surface area contributed by atoms with Crippen LogP contribution < -0.4 is 0 Å². The first-order valence-corrected chi connectivity index (χ1v) is 5.64. The Bertz CT molecular complexity index is 117. The maximum absolute atomic E-state index is 10.6. The lowest BCUT2D eigenvalue weighted by Gasteiger charge is -2.02. The van der Waals surface area contributed by atoms with Crippen LogP contribution in [0.25, 0.3) is 0 Å². The highest BCUT2D eigenvalue weighted by molar-refractivity contribution is 14.1. The first-order chi connectivity index (χ1) is 5.18. The molecule has 0 amide bonds.